The van der Waals surface area contributed by atoms with Gasteiger partial charge in [-0.2, -0.15) is 11.6 Å². The van der Waals surface area contributed by atoms with Gasteiger partial charge >= 0.3 is 99.2 Å². The Labute approximate surface area is 331 Å². The molecule has 4 heteroatoms. The van der Waals surface area contributed by atoms with E-state index in [4.69, 9.17) is 0 Å². The van der Waals surface area contributed by atoms with E-state index in [2.05, 4.69) is 171 Å². The van der Waals surface area contributed by atoms with E-state index in [1.54, 1.807) is 0 Å². The zero-order valence-electron chi connectivity index (χ0n) is 31.5. The van der Waals surface area contributed by atoms with Gasteiger partial charge in [-0.05, 0) is 63.1 Å². The molecule has 0 heterocycles. The average molecular weight is 796 g/mol. The van der Waals surface area contributed by atoms with Crippen LogP contribution in [0.2, 0.25) is 25.7 Å². The maximum absolute atomic E-state index is 4.47. The van der Waals surface area contributed by atoms with Gasteiger partial charge in [0, 0.05) is 8.07 Å². The molecule has 6 rings (SSSR count). The van der Waals surface area contributed by atoms with Crippen LogP contribution < -0.4 is 24.8 Å². The Morgan fingerprint density at radius 2 is 1.24 bits per heavy atom. The van der Waals surface area contributed by atoms with Crippen LogP contribution in [0.1, 0.15) is 93.3 Å². The summed E-state index contributed by atoms with van der Waals surface area (Å²) in [6.45, 7) is 25.7. The fourth-order valence-corrected chi connectivity index (χ4v) is 9.22. The molecule has 0 aromatic heterocycles. The van der Waals surface area contributed by atoms with E-state index in [1.807, 2.05) is 0 Å². The zero-order chi connectivity index (χ0) is 34.9. The SMILES string of the molecule is C=C(CC1=[C-]CC=C1c1cc(C(C)(C)C)cc2c1Cc1ccc(C(C)(C)C)cc1-2)C[Si](C)(C)C.[Cl-].[Cl-].[Zr+2]=[C](c1ccccc1)c1ccccc1. The Morgan fingerprint density at radius 1 is 0.720 bits per heavy atom. The molecular formula is C46H53Cl2SiZr-. The third kappa shape index (κ3) is 10.4. The molecule has 0 aliphatic heterocycles. The third-order valence-corrected chi connectivity index (χ3v) is 12.3. The van der Waals surface area contributed by atoms with Crippen molar-refractivity contribution in [2.75, 3.05) is 0 Å². The van der Waals surface area contributed by atoms with Crippen LogP contribution in [0.4, 0.5) is 0 Å². The van der Waals surface area contributed by atoms with Crippen molar-refractivity contribution < 1.29 is 49.0 Å². The van der Waals surface area contributed by atoms with Gasteiger partial charge in [0.25, 0.3) is 0 Å². The van der Waals surface area contributed by atoms with Gasteiger partial charge in [-0.25, -0.2) is 5.57 Å². The fraction of sp³-hybridized carbons (Fsp3) is 0.326. The van der Waals surface area contributed by atoms with Crippen molar-refractivity contribution in [2.45, 2.75) is 97.3 Å². The molecule has 0 amide bonds. The van der Waals surface area contributed by atoms with Crippen molar-refractivity contribution >= 4 is 16.9 Å². The molecule has 4 aromatic carbocycles. The number of fused-ring (bicyclic) bond motifs is 3. The second-order valence-electron chi connectivity index (χ2n) is 16.8. The number of hydrogen-bond donors (Lipinski definition) is 0. The minimum absolute atomic E-state index is 0. The van der Waals surface area contributed by atoms with E-state index in [-0.39, 0.29) is 35.6 Å². The second kappa shape index (κ2) is 17.0. The molecule has 50 heavy (non-hydrogen) atoms. The topological polar surface area (TPSA) is 0 Å². The summed E-state index contributed by atoms with van der Waals surface area (Å²) in [5.41, 5.74) is 17.2. The second-order valence-corrected chi connectivity index (χ2v) is 23.6. The van der Waals surface area contributed by atoms with E-state index < -0.39 is 8.07 Å². The van der Waals surface area contributed by atoms with Crippen LogP contribution in [0.25, 0.3) is 16.7 Å². The summed E-state index contributed by atoms with van der Waals surface area (Å²) in [4.78, 5) is 0. The molecule has 0 atom stereocenters. The summed E-state index contributed by atoms with van der Waals surface area (Å²) < 4.78 is 1.42. The molecule has 0 radical (unpaired) electrons. The van der Waals surface area contributed by atoms with Crippen LogP contribution in [0.3, 0.4) is 0 Å². The van der Waals surface area contributed by atoms with Crippen molar-refractivity contribution in [3.63, 3.8) is 0 Å². The van der Waals surface area contributed by atoms with E-state index >= 15 is 0 Å². The van der Waals surface area contributed by atoms with Gasteiger partial charge in [0.1, 0.15) is 0 Å². The van der Waals surface area contributed by atoms with Crippen LogP contribution in [0, 0.1) is 6.08 Å². The molecule has 0 N–H and O–H groups in total. The molecule has 0 nitrogen and oxygen atoms in total. The molecule has 0 spiro atoms. The number of hydrogen-bond acceptors (Lipinski definition) is 0. The predicted molar refractivity (Wildman–Crippen MR) is 209 cm³/mol. The Bertz CT molecular complexity index is 1840. The quantitative estimate of drug-likeness (QED) is 0.101. The Kier molecular flexibility index (Phi) is 14.3. The standard InChI is InChI=1S/C33H43Si.C13H10.2ClH.Zr/c1-22(21-34(8,9)10)16-23-12-11-13-27(23)30-19-26(33(5,6)7)20-31-28-18-25(32(2,3)4)15-14-24(28)17-29(30)31;1-3-7-12(8-4-1)11-13-9-5-2-6-10-13;;;/h13-15,18-20H,1,11,16-17,21H2,2-10H3;1-10H;2*1H;/q-1;;;;+2/p-2. The molecule has 4 aromatic rings. The van der Waals surface area contributed by atoms with Gasteiger partial charge in [0.2, 0.25) is 0 Å². The van der Waals surface area contributed by atoms with Gasteiger partial charge in [-0.1, -0.05) is 109 Å². The monoisotopic (exact) mass is 793 g/mol. The first-order valence-electron chi connectivity index (χ1n) is 17.5. The van der Waals surface area contributed by atoms with Crippen molar-refractivity contribution in [1.82, 2.24) is 0 Å². The van der Waals surface area contributed by atoms with Crippen LogP contribution in [-0.4, -0.2) is 11.3 Å². The Hall–Kier alpha value is -2.35. The van der Waals surface area contributed by atoms with Crippen LogP contribution in [-0.2, 0) is 41.5 Å². The molecule has 0 saturated heterocycles. The van der Waals surface area contributed by atoms with Gasteiger partial charge in [-0.15, -0.1) is 6.42 Å². The third-order valence-electron chi connectivity index (χ3n) is 9.32. The van der Waals surface area contributed by atoms with Crippen molar-refractivity contribution in [2.24, 2.45) is 0 Å². The predicted octanol–water partition coefficient (Wildman–Crippen LogP) is 6.46. The molecule has 2 aliphatic carbocycles. The van der Waals surface area contributed by atoms with E-state index in [0.29, 0.717) is 0 Å². The molecule has 0 unspecified atom stereocenters. The zero-order valence-corrected chi connectivity index (χ0v) is 36.5. The van der Waals surface area contributed by atoms with Gasteiger partial charge in [-0.3, -0.25) is 6.08 Å². The number of halogens is 2. The van der Waals surface area contributed by atoms with Crippen LogP contribution in [0.15, 0.2) is 115 Å². The Balaban J connectivity index is 0.000000355. The van der Waals surface area contributed by atoms with Gasteiger partial charge in [0.05, 0.1) is 0 Å². The van der Waals surface area contributed by atoms with Crippen LogP contribution >= 0.6 is 0 Å². The number of benzene rings is 4. The summed E-state index contributed by atoms with van der Waals surface area (Å²) in [5, 5.41) is 0. The fourth-order valence-electron chi connectivity index (χ4n) is 6.78. The normalized spacial score (nSPS) is 13.4. The molecule has 0 bridgehead atoms. The van der Waals surface area contributed by atoms with Crippen molar-refractivity contribution in [3.8, 4) is 11.1 Å². The summed E-state index contributed by atoms with van der Waals surface area (Å²) in [6, 6.07) is 34.4. The van der Waals surface area contributed by atoms with E-state index in [0.717, 1.165) is 19.3 Å². The van der Waals surface area contributed by atoms with E-state index in [1.165, 1.54) is 100 Å². The van der Waals surface area contributed by atoms with Gasteiger partial charge in [0.15, 0.2) is 0 Å². The molecule has 0 saturated carbocycles. The Morgan fingerprint density at radius 3 is 1.76 bits per heavy atom. The van der Waals surface area contributed by atoms with Crippen molar-refractivity contribution in [1.29, 1.82) is 0 Å². The maximum atomic E-state index is 4.47. The first kappa shape index (κ1) is 42.1. The average Bonchev–Trinajstić information content (AvgIpc) is 3.63. The van der Waals surface area contributed by atoms with Crippen LogP contribution in [0.5, 0.6) is 0 Å². The van der Waals surface area contributed by atoms with Gasteiger partial charge < -0.3 is 24.8 Å². The summed E-state index contributed by atoms with van der Waals surface area (Å²) >= 11 is 1.46. The molecule has 2 aliphatic rings. The summed E-state index contributed by atoms with van der Waals surface area (Å²) in [7, 11) is -1.17. The molecule has 0 fully saturated rings. The number of allylic oxidation sites excluding steroid dienone is 5. The summed E-state index contributed by atoms with van der Waals surface area (Å²) in [6.07, 6.45) is 9.01. The number of rotatable bonds is 7. The first-order valence-corrected chi connectivity index (χ1v) is 22.4. The molecular weight excluding hydrogens is 743 g/mol. The molecule has 260 valence electrons. The minimum atomic E-state index is -1.17. The first-order chi connectivity index (χ1) is 22.5. The van der Waals surface area contributed by atoms with E-state index in [9.17, 15) is 0 Å². The van der Waals surface area contributed by atoms with Crippen molar-refractivity contribution in [3.05, 3.63) is 160 Å². The summed E-state index contributed by atoms with van der Waals surface area (Å²) in [5.74, 6) is 0.